The van der Waals surface area contributed by atoms with E-state index in [9.17, 15) is 4.79 Å². The Kier molecular flexibility index (Phi) is 6.16. The lowest BCUT2D eigenvalue weighted by Crippen LogP contribution is -2.25. The van der Waals surface area contributed by atoms with Crippen LogP contribution in [0.15, 0.2) is 28.2 Å². The second kappa shape index (κ2) is 7.75. The van der Waals surface area contributed by atoms with Crippen LogP contribution in [0.1, 0.15) is 25.0 Å². The Morgan fingerprint density at radius 2 is 2.17 bits per heavy atom. The largest absolute Gasteiger partial charge is 0.361 e. The van der Waals surface area contributed by atoms with E-state index < -0.39 is 8.07 Å². The topological polar surface area (TPSA) is 61.4 Å². The van der Waals surface area contributed by atoms with E-state index in [0.717, 1.165) is 18.2 Å². The van der Waals surface area contributed by atoms with Crippen LogP contribution in [0.3, 0.4) is 0 Å². The molecule has 0 spiro atoms. The highest BCUT2D eigenvalue weighted by atomic mass is 79.9. The number of fused-ring (bicyclic) bond motifs is 1. The fourth-order valence-electron chi connectivity index (χ4n) is 2.43. The van der Waals surface area contributed by atoms with Gasteiger partial charge >= 0.3 is 0 Å². The van der Waals surface area contributed by atoms with Crippen molar-refractivity contribution in [1.29, 1.82) is 0 Å². The van der Waals surface area contributed by atoms with Gasteiger partial charge in [0.1, 0.15) is 6.73 Å². The van der Waals surface area contributed by atoms with E-state index in [1.165, 1.54) is 4.52 Å². The Balaban J connectivity index is 2.36. The molecule has 132 valence electrons. The second-order valence-electron chi connectivity index (χ2n) is 7.20. The molecule has 0 aliphatic carbocycles. The number of nitrogens with zero attached hydrogens (tertiary/aromatic N) is 4. The van der Waals surface area contributed by atoms with E-state index >= 15 is 0 Å². The number of hydrogen-bond acceptors (Lipinski definition) is 4. The van der Waals surface area contributed by atoms with Gasteiger partial charge in [-0.3, -0.25) is 9.36 Å². The minimum atomic E-state index is -1.14. The van der Waals surface area contributed by atoms with E-state index in [1.807, 2.05) is 10.6 Å². The van der Waals surface area contributed by atoms with Gasteiger partial charge in [-0.25, -0.2) is 0 Å². The van der Waals surface area contributed by atoms with Crippen LogP contribution >= 0.6 is 15.9 Å². The van der Waals surface area contributed by atoms with Gasteiger partial charge in [0.05, 0.1) is 0 Å². The molecule has 1 unspecified atom stereocenters. The third kappa shape index (κ3) is 4.64. The number of hydrogen-bond donors (Lipinski definition) is 0. The minimum absolute atomic E-state index is 0.149. The average molecular weight is 413 g/mol. The fourth-order valence-corrected chi connectivity index (χ4v) is 3.50. The molecule has 0 bridgehead atoms. The first-order chi connectivity index (χ1) is 11.2. The Hall–Kier alpha value is -1.25. The molecule has 2 rings (SSSR count). The quantitative estimate of drug-likeness (QED) is 0.377. The first-order valence-electron chi connectivity index (χ1n) is 8.07. The van der Waals surface area contributed by atoms with Crippen LogP contribution in [0.4, 0.5) is 0 Å². The Bertz CT molecular complexity index is 779. The van der Waals surface area contributed by atoms with Gasteiger partial charge in [0, 0.05) is 32.4 Å². The van der Waals surface area contributed by atoms with Crippen molar-refractivity contribution in [3.63, 3.8) is 0 Å². The van der Waals surface area contributed by atoms with Gasteiger partial charge < -0.3 is 4.74 Å². The molecule has 0 saturated carbocycles. The first kappa shape index (κ1) is 19.1. The molecule has 6 nitrogen and oxygen atoms in total. The third-order valence-electron chi connectivity index (χ3n) is 3.84. The number of halogens is 1. The summed E-state index contributed by atoms with van der Waals surface area (Å²) in [5, 5.41) is 4.11. The molecule has 2 aromatic rings. The fraction of sp³-hybridized carbons (Fsp3) is 0.562. The van der Waals surface area contributed by atoms with Crippen LogP contribution in [-0.2, 0) is 11.5 Å². The summed E-state index contributed by atoms with van der Waals surface area (Å²) in [6, 6.07) is 2.71. The van der Waals surface area contributed by atoms with Crippen molar-refractivity contribution in [2.45, 2.75) is 51.7 Å². The van der Waals surface area contributed by atoms with Crippen LogP contribution < -0.4 is 5.56 Å². The summed E-state index contributed by atoms with van der Waals surface area (Å²) >= 11 is 3.25. The second-order valence-corrected chi connectivity index (χ2v) is 13.5. The summed E-state index contributed by atoms with van der Waals surface area (Å²) in [6.45, 7) is 13.9. The molecule has 24 heavy (non-hydrogen) atoms. The van der Waals surface area contributed by atoms with Crippen molar-refractivity contribution in [3.8, 4) is 0 Å². The van der Waals surface area contributed by atoms with E-state index in [0.29, 0.717) is 23.8 Å². The van der Waals surface area contributed by atoms with Crippen LogP contribution in [0.2, 0.25) is 25.7 Å². The van der Waals surface area contributed by atoms with Gasteiger partial charge in [-0.15, -0.1) is 11.7 Å². The lowest BCUT2D eigenvalue weighted by molar-refractivity contribution is 0.0860. The SMILES string of the molecule is C=CCC(C)c1cc(=O)n2nc(Br)nc2n1COCC[Si](C)(C)C. The molecule has 0 aromatic carbocycles. The lowest BCUT2D eigenvalue weighted by Gasteiger charge is -2.20. The van der Waals surface area contributed by atoms with Crippen molar-refractivity contribution in [1.82, 2.24) is 19.2 Å². The van der Waals surface area contributed by atoms with Gasteiger partial charge in [-0.1, -0.05) is 32.6 Å². The molecule has 0 aliphatic heterocycles. The molecule has 0 saturated heterocycles. The van der Waals surface area contributed by atoms with Gasteiger partial charge in [-0.05, 0) is 28.4 Å². The highest BCUT2D eigenvalue weighted by Crippen LogP contribution is 2.20. The predicted molar refractivity (Wildman–Crippen MR) is 102 cm³/mol. The van der Waals surface area contributed by atoms with Gasteiger partial charge in [0.15, 0.2) is 0 Å². The van der Waals surface area contributed by atoms with Crippen molar-refractivity contribution >= 4 is 29.8 Å². The summed E-state index contributed by atoms with van der Waals surface area (Å²) in [4.78, 5) is 16.6. The van der Waals surface area contributed by atoms with Gasteiger partial charge in [0.2, 0.25) is 10.5 Å². The minimum Gasteiger partial charge on any atom is -0.361 e. The standard InChI is InChI=1S/C16H25BrN4O2Si/c1-6-7-12(2)13-10-14(22)21-16(18-15(17)19-21)20(13)11-23-8-9-24(3,4)5/h6,10,12H,1,7-9,11H2,2-5H3. The Morgan fingerprint density at radius 1 is 1.46 bits per heavy atom. The van der Waals surface area contributed by atoms with E-state index in [-0.39, 0.29) is 11.5 Å². The molecular weight excluding hydrogens is 388 g/mol. The zero-order valence-corrected chi connectivity index (χ0v) is 17.3. The summed E-state index contributed by atoms with van der Waals surface area (Å²) in [7, 11) is -1.14. The van der Waals surface area contributed by atoms with Gasteiger partial charge in [0.25, 0.3) is 5.56 Å². The maximum Gasteiger partial charge on any atom is 0.275 e. The van der Waals surface area contributed by atoms with Crippen molar-refractivity contribution in [3.05, 3.63) is 39.5 Å². The van der Waals surface area contributed by atoms with Crippen molar-refractivity contribution in [2.75, 3.05) is 6.61 Å². The average Bonchev–Trinajstić information content (AvgIpc) is 2.86. The highest BCUT2D eigenvalue weighted by molar-refractivity contribution is 9.10. The van der Waals surface area contributed by atoms with Crippen LogP contribution in [0, 0.1) is 0 Å². The van der Waals surface area contributed by atoms with Crippen LogP contribution in [0.25, 0.3) is 5.78 Å². The smallest absolute Gasteiger partial charge is 0.275 e. The number of allylic oxidation sites excluding steroid dienone is 1. The normalized spacial score (nSPS) is 13.4. The maximum atomic E-state index is 12.3. The molecule has 0 radical (unpaired) electrons. The lowest BCUT2D eigenvalue weighted by atomic mass is 10.0. The first-order valence-corrected chi connectivity index (χ1v) is 12.6. The maximum absolute atomic E-state index is 12.3. The molecule has 2 heterocycles. The zero-order valence-electron chi connectivity index (χ0n) is 14.8. The molecule has 8 heteroatoms. The predicted octanol–water partition coefficient (Wildman–Crippen LogP) is 3.65. The number of rotatable bonds is 8. The molecule has 1 atom stereocenters. The number of aromatic nitrogens is 4. The van der Waals surface area contributed by atoms with Gasteiger partial charge in [-0.2, -0.15) is 9.50 Å². The van der Waals surface area contributed by atoms with Crippen LogP contribution in [-0.4, -0.2) is 33.8 Å². The molecule has 0 N–H and O–H groups in total. The van der Waals surface area contributed by atoms with E-state index in [1.54, 1.807) is 6.07 Å². The van der Waals surface area contributed by atoms with E-state index in [2.05, 4.69) is 59.2 Å². The summed E-state index contributed by atoms with van der Waals surface area (Å²) < 4.78 is 9.52. The summed E-state index contributed by atoms with van der Waals surface area (Å²) in [5.74, 6) is 0.643. The zero-order chi connectivity index (χ0) is 17.9. The Labute approximate surface area is 151 Å². The highest BCUT2D eigenvalue weighted by Gasteiger charge is 2.18. The Morgan fingerprint density at radius 3 is 2.79 bits per heavy atom. The van der Waals surface area contributed by atoms with Crippen molar-refractivity contribution in [2.24, 2.45) is 0 Å². The molecule has 0 amide bonds. The number of ether oxygens (including phenoxy) is 1. The molecule has 0 fully saturated rings. The monoisotopic (exact) mass is 412 g/mol. The molecule has 2 aromatic heterocycles. The molecule has 0 aliphatic rings. The summed E-state index contributed by atoms with van der Waals surface area (Å²) in [5.41, 5.74) is 0.702. The van der Waals surface area contributed by atoms with E-state index in [4.69, 9.17) is 4.74 Å². The molecular formula is C16H25BrN4O2Si. The van der Waals surface area contributed by atoms with Crippen molar-refractivity contribution < 1.29 is 4.74 Å². The third-order valence-corrected chi connectivity index (χ3v) is 5.88. The van der Waals surface area contributed by atoms with Crippen LogP contribution in [0.5, 0.6) is 0 Å². The summed E-state index contributed by atoms with van der Waals surface area (Å²) in [6.07, 6.45) is 2.63.